The van der Waals surface area contributed by atoms with Gasteiger partial charge in [-0.25, -0.2) is 0 Å². The fourth-order valence-corrected chi connectivity index (χ4v) is 4.14. The van der Waals surface area contributed by atoms with E-state index in [4.69, 9.17) is 0 Å². The molecule has 0 saturated heterocycles. The summed E-state index contributed by atoms with van der Waals surface area (Å²) in [6.45, 7) is 7.44. The Morgan fingerprint density at radius 3 is 2.47 bits per heavy atom. The van der Waals surface area contributed by atoms with Crippen LogP contribution in [0.4, 0.5) is 0 Å². The molecule has 1 nitrogen and oxygen atoms in total. The van der Waals surface area contributed by atoms with Gasteiger partial charge in [-0.1, -0.05) is 26.8 Å². The van der Waals surface area contributed by atoms with E-state index < -0.39 is 0 Å². The van der Waals surface area contributed by atoms with E-state index in [0.717, 1.165) is 18.8 Å². The van der Waals surface area contributed by atoms with Crippen LogP contribution in [0.25, 0.3) is 0 Å². The molecule has 1 aromatic heterocycles. The summed E-state index contributed by atoms with van der Waals surface area (Å²) < 4.78 is 0. The molecule has 1 fully saturated rings. The van der Waals surface area contributed by atoms with Gasteiger partial charge in [0.05, 0.1) is 0 Å². The second kappa shape index (κ2) is 5.97. The second-order valence-electron chi connectivity index (χ2n) is 7.38. The highest BCUT2D eigenvalue weighted by atomic mass is 32.1. The molecular weight excluding hydrogens is 252 g/mol. The maximum absolute atomic E-state index is 9.86. The van der Waals surface area contributed by atoms with Crippen molar-refractivity contribution in [2.45, 2.75) is 59.3 Å². The monoisotopic (exact) mass is 280 g/mol. The average Bonchev–Trinajstić information content (AvgIpc) is 2.89. The van der Waals surface area contributed by atoms with Crippen molar-refractivity contribution in [1.82, 2.24) is 0 Å². The van der Waals surface area contributed by atoms with Crippen molar-refractivity contribution >= 4 is 11.3 Å². The molecule has 1 saturated carbocycles. The third kappa shape index (κ3) is 3.82. The summed E-state index contributed by atoms with van der Waals surface area (Å²) in [5.74, 6) is 0.828. The summed E-state index contributed by atoms with van der Waals surface area (Å²) in [4.78, 5) is 1.46. The van der Waals surface area contributed by atoms with E-state index in [-0.39, 0.29) is 5.41 Å². The van der Waals surface area contributed by atoms with Gasteiger partial charge in [0.1, 0.15) is 0 Å². The van der Waals surface area contributed by atoms with Crippen molar-refractivity contribution in [3.05, 3.63) is 22.4 Å². The molecule has 1 aliphatic rings. The Morgan fingerprint density at radius 1 is 1.32 bits per heavy atom. The Balaban J connectivity index is 1.90. The quantitative estimate of drug-likeness (QED) is 0.832. The van der Waals surface area contributed by atoms with Crippen LogP contribution >= 0.6 is 11.3 Å². The molecule has 0 unspecified atom stereocenters. The second-order valence-corrected chi connectivity index (χ2v) is 8.41. The third-order valence-corrected chi connectivity index (χ3v) is 6.02. The molecule has 0 aromatic carbocycles. The van der Waals surface area contributed by atoms with Crippen molar-refractivity contribution in [2.24, 2.45) is 16.7 Å². The summed E-state index contributed by atoms with van der Waals surface area (Å²) in [6.07, 6.45) is 7.27. The van der Waals surface area contributed by atoms with Crippen molar-refractivity contribution in [1.29, 1.82) is 0 Å². The molecule has 1 aliphatic carbocycles. The van der Waals surface area contributed by atoms with Crippen LogP contribution in [0.15, 0.2) is 17.5 Å². The molecular formula is C17H28OS. The molecule has 2 heteroatoms. The van der Waals surface area contributed by atoms with E-state index in [1.807, 2.05) is 11.3 Å². The number of hydrogen-bond acceptors (Lipinski definition) is 2. The largest absolute Gasteiger partial charge is 0.396 e. The normalized spacial score (nSPS) is 28.5. The molecule has 0 spiro atoms. The van der Waals surface area contributed by atoms with Crippen LogP contribution in [0.1, 0.15) is 57.8 Å². The Hall–Kier alpha value is -0.340. The van der Waals surface area contributed by atoms with Gasteiger partial charge in [0.2, 0.25) is 0 Å². The fraction of sp³-hybridized carbons (Fsp3) is 0.765. The van der Waals surface area contributed by atoms with E-state index in [9.17, 15) is 5.11 Å². The predicted molar refractivity (Wildman–Crippen MR) is 83.6 cm³/mol. The smallest absolute Gasteiger partial charge is 0.0487 e. The van der Waals surface area contributed by atoms with E-state index in [1.165, 1.54) is 30.6 Å². The highest BCUT2D eigenvalue weighted by Crippen LogP contribution is 2.47. The number of aliphatic hydroxyl groups excluding tert-OH is 1. The molecule has 0 aliphatic heterocycles. The molecule has 1 aromatic rings. The zero-order valence-corrected chi connectivity index (χ0v) is 13.4. The van der Waals surface area contributed by atoms with Crippen LogP contribution in [0.3, 0.4) is 0 Å². The summed E-state index contributed by atoms with van der Waals surface area (Å²) in [5.41, 5.74) is 0.626. The Bertz CT molecular complexity index is 366. The van der Waals surface area contributed by atoms with Gasteiger partial charge in [-0.05, 0) is 66.7 Å². The van der Waals surface area contributed by atoms with Crippen LogP contribution in [0.5, 0.6) is 0 Å². The van der Waals surface area contributed by atoms with Crippen molar-refractivity contribution in [2.75, 3.05) is 6.61 Å². The van der Waals surface area contributed by atoms with Crippen molar-refractivity contribution in [3.8, 4) is 0 Å². The molecule has 2 rings (SSSR count). The predicted octanol–water partition coefficient (Wildman–Crippen LogP) is 4.90. The van der Waals surface area contributed by atoms with E-state index >= 15 is 0 Å². The zero-order valence-electron chi connectivity index (χ0n) is 12.6. The standard InChI is InChI=1S/C17H28OS/c1-16(2,3)14-6-9-17(13-18,10-7-14)11-8-15-5-4-12-19-15/h4-5,12,14,18H,6-11,13H2,1-3H3. The van der Waals surface area contributed by atoms with E-state index in [1.54, 1.807) is 0 Å². The van der Waals surface area contributed by atoms with Crippen LogP contribution in [0.2, 0.25) is 0 Å². The van der Waals surface area contributed by atoms with Crippen LogP contribution in [-0.2, 0) is 6.42 Å². The Labute approximate surface area is 122 Å². The minimum atomic E-state index is 0.200. The highest BCUT2D eigenvalue weighted by Gasteiger charge is 2.38. The summed E-state index contributed by atoms with van der Waals surface area (Å²) in [5, 5.41) is 12.0. The van der Waals surface area contributed by atoms with Crippen LogP contribution in [0, 0.1) is 16.7 Å². The lowest BCUT2D eigenvalue weighted by molar-refractivity contribution is 0.0307. The minimum absolute atomic E-state index is 0.200. The van der Waals surface area contributed by atoms with Gasteiger partial charge in [-0.15, -0.1) is 11.3 Å². The first-order valence-corrected chi connectivity index (χ1v) is 8.46. The number of aryl methyl sites for hydroxylation is 1. The lowest BCUT2D eigenvalue weighted by atomic mass is 9.63. The van der Waals surface area contributed by atoms with E-state index in [2.05, 4.69) is 38.3 Å². The summed E-state index contributed by atoms with van der Waals surface area (Å²) in [6, 6.07) is 4.35. The molecule has 1 N–H and O–H groups in total. The van der Waals surface area contributed by atoms with Gasteiger partial charge in [0.15, 0.2) is 0 Å². The van der Waals surface area contributed by atoms with Crippen LogP contribution < -0.4 is 0 Å². The fourth-order valence-electron chi connectivity index (χ4n) is 3.43. The third-order valence-electron chi connectivity index (χ3n) is 5.09. The molecule has 0 atom stereocenters. The Morgan fingerprint density at radius 2 is 2.00 bits per heavy atom. The number of aliphatic hydroxyl groups is 1. The van der Waals surface area contributed by atoms with Gasteiger partial charge in [0.25, 0.3) is 0 Å². The van der Waals surface area contributed by atoms with Crippen molar-refractivity contribution in [3.63, 3.8) is 0 Å². The van der Waals surface area contributed by atoms with Gasteiger partial charge < -0.3 is 5.11 Å². The number of hydrogen-bond donors (Lipinski definition) is 1. The first-order chi connectivity index (χ1) is 8.95. The lowest BCUT2D eigenvalue weighted by Crippen LogP contribution is -2.35. The zero-order chi connectivity index (χ0) is 13.9. The minimum Gasteiger partial charge on any atom is -0.396 e. The molecule has 108 valence electrons. The summed E-state index contributed by atoms with van der Waals surface area (Å²) in [7, 11) is 0. The first-order valence-electron chi connectivity index (χ1n) is 7.58. The maximum Gasteiger partial charge on any atom is 0.0487 e. The molecule has 19 heavy (non-hydrogen) atoms. The SMILES string of the molecule is CC(C)(C)C1CCC(CO)(CCc2cccs2)CC1. The lowest BCUT2D eigenvalue weighted by Gasteiger charge is -2.43. The molecule has 0 amide bonds. The topological polar surface area (TPSA) is 20.2 Å². The first kappa shape index (κ1) is 15.1. The number of thiophene rings is 1. The molecule has 0 bridgehead atoms. The van der Waals surface area contributed by atoms with E-state index in [0.29, 0.717) is 12.0 Å². The van der Waals surface area contributed by atoms with Gasteiger partial charge in [0, 0.05) is 11.5 Å². The maximum atomic E-state index is 9.86. The Kier molecular flexibility index (Phi) is 4.73. The molecule has 1 heterocycles. The average molecular weight is 280 g/mol. The summed E-state index contributed by atoms with van der Waals surface area (Å²) >= 11 is 1.84. The molecule has 0 radical (unpaired) electrons. The number of rotatable bonds is 4. The van der Waals surface area contributed by atoms with Gasteiger partial charge in [-0.3, -0.25) is 0 Å². The van der Waals surface area contributed by atoms with Crippen molar-refractivity contribution < 1.29 is 5.11 Å². The van der Waals surface area contributed by atoms with Gasteiger partial charge >= 0.3 is 0 Å². The highest BCUT2D eigenvalue weighted by molar-refractivity contribution is 7.09. The van der Waals surface area contributed by atoms with Gasteiger partial charge in [-0.2, -0.15) is 0 Å². The van der Waals surface area contributed by atoms with Crippen LogP contribution in [-0.4, -0.2) is 11.7 Å².